The van der Waals surface area contributed by atoms with Crippen LogP contribution in [0.2, 0.25) is 0 Å². The molecule has 2 aromatic rings. The molecule has 3 atom stereocenters. The van der Waals surface area contributed by atoms with Crippen molar-refractivity contribution in [2.24, 2.45) is 5.92 Å². The molecule has 4 aliphatic rings. The number of nitrogens with zero attached hydrogens (tertiary/aromatic N) is 3. The molecule has 36 heavy (non-hydrogen) atoms. The normalized spacial score (nSPS) is 29.7. The van der Waals surface area contributed by atoms with Gasteiger partial charge in [0.15, 0.2) is 11.5 Å². The van der Waals surface area contributed by atoms with Gasteiger partial charge in [0.1, 0.15) is 0 Å². The summed E-state index contributed by atoms with van der Waals surface area (Å²) in [6, 6.07) is 7.68. The number of rotatable bonds is 6. The van der Waals surface area contributed by atoms with Crippen LogP contribution in [0.4, 0.5) is 0 Å². The monoisotopic (exact) mass is 491 g/mol. The van der Waals surface area contributed by atoms with Gasteiger partial charge in [-0.15, -0.1) is 0 Å². The standard InChI is InChI=1S/C29H37N3O4/c1-36-27-23(33)6-5-22-18-24-29(35)12-17-31(25(34)7-4-20-8-13-30-14-9-20)15-10-28(29,26(22)27)11-16-32(24)19-21-2-3-21/h5-6,8-9,13-14,21,24,33,35H,2-4,7,10-12,15-19H2,1H3. The third kappa shape index (κ3) is 3.79. The average molecular weight is 492 g/mol. The number of carbonyl (C=O) groups excluding carboxylic acids is 1. The van der Waals surface area contributed by atoms with E-state index in [4.69, 9.17) is 4.74 Å². The van der Waals surface area contributed by atoms with Crippen molar-refractivity contribution in [1.29, 1.82) is 0 Å². The van der Waals surface area contributed by atoms with Crippen LogP contribution in [-0.4, -0.2) is 75.8 Å². The van der Waals surface area contributed by atoms with Gasteiger partial charge in [0.25, 0.3) is 0 Å². The lowest BCUT2D eigenvalue weighted by atomic mass is 9.52. The first-order valence-electron chi connectivity index (χ1n) is 13.5. The summed E-state index contributed by atoms with van der Waals surface area (Å²) in [4.78, 5) is 21.9. The zero-order chi connectivity index (χ0) is 24.9. The molecule has 1 aromatic heterocycles. The van der Waals surface area contributed by atoms with E-state index in [2.05, 4.69) is 9.88 Å². The van der Waals surface area contributed by atoms with E-state index < -0.39 is 11.0 Å². The molecular weight excluding hydrogens is 454 g/mol. The Labute approximate surface area is 213 Å². The Morgan fingerprint density at radius 2 is 1.86 bits per heavy atom. The van der Waals surface area contributed by atoms with E-state index in [0.29, 0.717) is 44.5 Å². The Hall–Kier alpha value is -2.64. The number of hydrogen-bond acceptors (Lipinski definition) is 6. The van der Waals surface area contributed by atoms with Crippen LogP contribution in [-0.2, 0) is 23.1 Å². The second-order valence-electron chi connectivity index (χ2n) is 11.3. The Morgan fingerprint density at radius 3 is 2.61 bits per heavy atom. The van der Waals surface area contributed by atoms with Gasteiger partial charge in [-0.3, -0.25) is 14.7 Å². The minimum absolute atomic E-state index is 0.0143. The Balaban J connectivity index is 1.33. The largest absolute Gasteiger partial charge is 0.504 e. The lowest BCUT2D eigenvalue weighted by Crippen LogP contribution is -2.71. The van der Waals surface area contributed by atoms with E-state index in [0.717, 1.165) is 48.5 Å². The number of likely N-dealkylation sites (tertiary alicyclic amines) is 2. The molecule has 2 N–H and O–H groups in total. The lowest BCUT2D eigenvalue weighted by Gasteiger charge is -2.61. The molecule has 3 fully saturated rings. The minimum atomic E-state index is -0.978. The van der Waals surface area contributed by atoms with E-state index in [-0.39, 0.29) is 17.7 Å². The summed E-state index contributed by atoms with van der Waals surface area (Å²) in [5.41, 5.74) is 1.72. The average Bonchev–Trinajstić information content (AvgIpc) is 3.72. The zero-order valence-electron chi connectivity index (χ0n) is 21.2. The molecule has 2 bridgehead atoms. The maximum Gasteiger partial charge on any atom is 0.222 e. The molecule has 0 spiro atoms. The highest BCUT2D eigenvalue weighted by molar-refractivity contribution is 5.76. The fraction of sp³-hybridized carbons (Fsp3) is 0.586. The van der Waals surface area contributed by atoms with Crippen LogP contribution in [0, 0.1) is 5.92 Å². The van der Waals surface area contributed by atoms with E-state index in [1.807, 2.05) is 23.1 Å². The first kappa shape index (κ1) is 23.7. The van der Waals surface area contributed by atoms with Crippen LogP contribution < -0.4 is 4.74 Å². The van der Waals surface area contributed by atoms with Crippen molar-refractivity contribution in [2.45, 2.75) is 68.4 Å². The van der Waals surface area contributed by atoms with Crippen molar-refractivity contribution in [1.82, 2.24) is 14.8 Å². The van der Waals surface area contributed by atoms with Gasteiger partial charge in [-0.2, -0.15) is 0 Å². The smallest absolute Gasteiger partial charge is 0.222 e. The predicted octanol–water partition coefficient (Wildman–Crippen LogP) is 3.06. The summed E-state index contributed by atoms with van der Waals surface area (Å²) in [5, 5.41) is 23.4. The fourth-order valence-electron chi connectivity index (χ4n) is 7.36. The quantitative estimate of drug-likeness (QED) is 0.646. The highest BCUT2D eigenvalue weighted by atomic mass is 16.5. The van der Waals surface area contributed by atoms with Crippen molar-refractivity contribution in [2.75, 3.05) is 33.3 Å². The van der Waals surface area contributed by atoms with Crippen molar-refractivity contribution in [3.05, 3.63) is 53.3 Å². The number of methoxy groups -OCH3 is 1. The van der Waals surface area contributed by atoms with E-state index in [1.165, 1.54) is 12.8 Å². The first-order chi connectivity index (χ1) is 17.4. The number of fused-ring (bicyclic) bond motifs is 1. The molecule has 3 unspecified atom stereocenters. The fourth-order valence-corrected chi connectivity index (χ4v) is 7.36. The third-order valence-corrected chi connectivity index (χ3v) is 9.46. The van der Waals surface area contributed by atoms with Crippen LogP contribution in [0.3, 0.4) is 0 Å². The van der Waals surface area contributed by atoms with Crippen LogP contribution in [0.15, 0.2) is 36.7 Å². The summed E-state index contributed by atoms with van der Waals surface area (Å²) in [6.45, 7) is 3.13. The molecule has 2 aliphatic carbocycles. The number of piperidine rings is 1. The van der Waals surface area contributed by atoms with E-state index >= 15 is 0 Å². The molecular formula is C29H37N3O4. The SMILES string of the molecule is COc1c(O)ccc2c1C13CCN(C(=O)CCc4ccncc4)CCC1(O)C(C2)N(CC1CC1)CC3. The number of aromatic nitrogens is 1. The Kier molecular flexibility index (Phi) is 5.96. The number of aliphatic hydroxyl groups is 1. The number of aromatic hydroxyl groups is 1. The summed E-state index contributed by atoms with van der Waals surface area (Å²) < 4.78 is 5.77. The van der Waals surface area contributed by atoms with Gasteiger partial charge in [0.05, 0.1) is 12.7 Å². The number of phenols is 1. The molecule has 2 aliphatic heterocycles. The number of carbonyl (C=O) groups is 1. The summed E-state index contributed by atoms with van der Waals surface area (Å²) in [7, 11) is 1.60. The highest BCUT2D eigenvalue weighted by Crippen LogP contribution is 2.59. The molecule has 0 radical (unpaired) electrons. The second kappa shape index (κ2) is 9.03. The number of hydrogen-bond donors (Lipinski definition) is 2. The number of amides is 1. The van der Waals surface area contributed by atoms with Gasteiger partial charge in [-0.25, -0.2) is 0 Å². The first-order valence-corrected chi connectivity index (χ1v) is 13.5. The van der Waals surface area contributed by atoms with Crippen LogP contribution in [0.1, 0.15) is 55.2 Å². The van der Waals surface area contributed by atoms with Gasteiger partial charge in [-0.1, -0.05) is 6.07 Å². The van der Waals surface area contributed by atoms with Gasteiger partial charge >= 0.3 is 0 Å². The maximum absolute atomic E-state index is 13.3. The highest BCUT2D eigenvalue weighted by Gasteiger charge is 2.64. The molecule has 2 saturated heterocycles. The van der Waals surface area contributed by atoms with E-state index in [1.54, 1.807) is 25.6 Å². The summed E-state index contributed by atoms with van der Waals surface area (Å²) >= 11 is 0. The summed E-state index contributed by atoms with van der Waals surface area (Å²) in [5.74, 6) is 1.51. The van der Waals surface area contributed by atoms with Gasteiger partial charge in [0, 0.05) is 55.5 Å². The van der Waals surface area contributed by atoms with Crippen LogP contribution in [0.5, 0.6) is 11.5 Å². The topological polar surface area (TPSA) is 86.1 Å². The number of benzene rings is 1. The minimum Gasteiger partial charge on any atom is -0.504 e. The number of phenolic OH excluding ortho intramolecular Hbond substituents is 1. The zero-order valence-corrected chi connectivity index (χ0v) is 21.2. The van der Waals surface area contributed by atoms with Crippen molar-refractivity contribution in [3.8, 4) is 11.5 Å². The molecule has 6 rings (SSSR count). The molecule has 7 heteroatoms. The van der Waals surface area contributed by atoms with Crippen LogP contribution >= 0.6 is 0 Å². The predicted molar refractivity (Wildman–Crippen MR) is 136 cm³/mol. The number of pyridine rings is 1. The lowest BCUT2D eigenvalue weighted by molar-refractivity contribution is -0.150. The van der Waals surface area contributed by atoms with Gasteiger partial charge in [-0.05, 0) is 86.7 Å². The number of aryl methyl sites for hydroxylation is 1. The molecule has 3 heterocycles. The van der Waals surface area contributed by atoms with Crippen molar-refractivity contribution >= 4 is 5.91 Å². The third-order valence-electron chi connectivity index (χ3n) is 9.46. The van der Waals surface area contributed by atoms with Crippen molar-refractivity contribution < 1.29 is 19.7 Å². The summed E-state index contributed by atoms with van der Waals surface area (Å²) in [6.07, 6.45) is 9.99. The maximum atomic E-state index is 13.3. The Bertz CT molecular complexity index is 1140. The van der Waals surface area contributed by atoms with Gasteiger partial charge < -0.3 is 19.8 Å². The molecule has 1 amide bonds. The molecule has 7 nitrogen and oxygen atoms in total. The Morgan fingerprint density at radius 1 is 1.11 bits per heavy atom. The van der Waals surface area contributed by atoms with E-state index in [9.17, 15) is 15.0 Å². The van der Waals surface area contributed by atoms with Gasteiger partial charge in [0.2, 0.25) is 5.91 Å². The van der Waals surface area contributed by atoms with Crippen molar-refractivity contribution in [3.63, 3.8) is 0 Å². The molecule has 1 saturated carbocycles. The molecule has 192 valence electrons. The van der Waals surface area contributed by atoms with Crippen LogP contribution in [0.25, 0.3) is 0 Å². The molecule has 1 aromatic carbocycles. The second-order valence-corrected chi connectivity index (χ2v) is 11.3. The number of ether oxygens (including phenoxy) is 1.